The van der Waals surface area contributed by atoms with Gasteiger partial charge >= 0.3 is 0 Å². The van der Waals surface area contributed by atoms with Crippen LogP contribution in [0.1, 0.15) is 17.5 Å². The van der Waals surface area contributed by atoms with E-state index in [1.165, 1.54) is 5.56 Å². The summed E-state index contributed by atoms with van der Waals surface area (Å²) in [5.41, 5.74) is 2.43. The van der Waals surface area contributed by atoms with Crippen LogP contribution in [0.4, 0.5) is 0 Å². The van der Waals surface area contributed by atoms with Crippen molar-refractivity contribution in [3.63, 3.8) is 0 Å². The molecule has 1 aromatic carbocycles. The number of aromatic nitrogens is 1. The van der Waals surface area contributed by atoms with Crippen molar-refractivity contribution in [2.45, 2.75) is 25.4 Å². The SMILES string of the molecule is O=C1C[C@H](NCc2cccnc2)CN1CCc1ccccc1. The molecule has 0 aliphatic carbocycles. The lowest BCUT2D eigenvalue weighted by Crippen LogP contribution is -2.33. The van der Waals surface area contributed by atoms with Crippen molar-refractivity contribution >= 4 is 5.91 Å². The molecule has 1 amide bonds. The highest BCUT2D eigenvalue weighted by Crippen LogP contribution is 2.13. The van der Waals surface area contributed by atoms with Crippen LogP contribution in [0.2, 0.25) is 0 Å². The Hall–Kier alpha value is -2.20. The van der Waals surface area contributed by atoms with E-state index < -0.39 is 0 Å². The van der Waals surface area contributed by atoms with E-state index in [1.54, 1.807) is 6.20 Å². The first-order valence-electron chi connectivity index (χ1n) is 7.75. The zero-order valence-electron chi connectivity index (χ0n) is 12.6. The van der Waals surface area contributed by atoms with Gasteiger partial charge in [-0.1, -0.05) is 36.4 Å². The van der Waals surface area contributed by atoms with Gasteiger partial charge in [0.25, 0.3) is 0 Å². The maximum absolute atomic E-state index is 12.1. The number of rotatable bonds is 6. The van der Waals surface area contributed by atoms with Crippen LogP contribution >= 0.6 is 0 Å². The average molecular weight is 295 g/mol. The van der Waals surface area contributed by atoms with E-state index in [-0.39, 0.29) is 11.9 Å². The minimum absolute atomic E-state index is 0.239. The monoisotopic (exact) mass is 295 g/mol. The minimum atomic E-state index is 0.239. The number of hydrogen-bond donors (Lipinski definition) is 1. The number of pyridine rings is 1. The third kappa shape index (κ3) is 3.92. The van der Waals surface area contributed by atoms with Crippen LogP contribution in [0.5, 0.6) is 0 Å². The summed E-state index contributed by atoms with van der Waals surface area (Å²) in [6.07, 6.45) is 5.14. The van der Waals surface area contributed by atoms with Crippen LogP contribution in [-0.2, 0) is 17.8 Å². The van der Waals surface area contributed by atoms with Crippen LogP contribution in [0.15, 0.2) is 54.9 Å². The van der Waals surface area contributed by atoms with Crippen molar-refractivity contribution in [2.24, 2.45) is 0 Å². The standard InChI is InChI=1S/C18H21N3O/c22-18-11-17(20-13-16-7-4-9-19-12-16)14-21(18)10-8-15-5-2-1-3-6-15/h1-7,9,12,17,20H,8,10-11,13-14H2/t17-/m0/s1. The second kappa shape index (κ2) is 7.18. The van der Waals surface area contributed by atoms with Crippen LogP contribution < -0.4 is 5.32 Å². The van der Waals surface area contributed by atoms with Crippen molar-refractivity contribution in [2.75, 3.05) is 13.1 Å². The normalized spacial score (nSPS) is 17.9. The summed E-state index contributed by atoms with van der Waals surface area (Å²) in [5.74, 6) is 0.250. The predicted molar refractivity (Wildman–Crippen MR) is 86.2 cm³/mol. The molecule has 3 rings (SSSR count). The number of carbonyl (C=O) groups excluding carboxylic acids is 1. The van der Waals surface area contributed by atoms with Crippen LogP contribution in [0.3, 0.4) is 0 Å². The molecule has 0 bridgehead atoms. The number of nitrogens with zero attached hydrogens (tertiary/aromatic N) is 2. The molecular weight excluding hydrogens is 274 g/mol. The molecule has 1 aliphatic rings. The van der Waals surface area contributed by atoms with Gasteiger partial charge in [-0.25, -0.2) is 0 Å². The number of nitrogens with one attached hydrogen (secondary N) is 1. The van der Waals surface area contributed by atoms with Gasteiger partial charge in [-0.3, -0.25) is 9.78 Å². The van der Waals surface area contributed by atoms with E-state index in [2.05, 4.69) is 22.4 Å². The molecule has 4 nitrogen and oxygen atoms in total. The highest BCUT2D eigenvalue weighted by atomic mass is 16.2. The van der Waals surface area contributed by atoms with Crippen molar-refractivity contribution in [1.29, 1.82) is 0 Å². The summed E-state index contributed by atoms with van der Waals surface area (Å²) in [6, 6.07) is 14.5. The average Bonchev–Trinajstić information content (AvgIpc) is 2.93. The number of benzene rings is 1. The molecule has 4 heteroatoms. The smallest absolute Gasteiger partial charge is 0.224 e. The van der Waals surface area contributed by atoms with Crippen LogP contribution in [0.25, 0.3) is 0 Å². The van der Waals surface area contributed by atoms with Crippen molar-refractivity contribution in [3.05, 3.63) is 66.0 Å². The summed E-state index contributed by atoms with van der Waals surface area (Å²) < 4.78 is 0. The first-order valence-corrected chi connectivity index (χ1v) is 7.75. The molecule has 114 valence electrons. The fraction of sp³-hybridized carbons (Fsp3) is 0.333. The molecule has 1 N–H and O–H groups in total. The summed E-state index contributed by atoms with van der Waals surface area (Å²) in [7, 11) is 0. The van der Waals surface area contributed by atoms with Crippen molar-refractivity contribution in [1.82, 2.24) is 15.2 Å². The van der Waals surface area contributed by atoms with Crippen molar-refractivity contribution < 1.29 is 4.79 Å². The first-order chi connectivity index (χ1) is 10.8. The van der Waals surface area contributed by atoms with E-state index in [4.69, 9.17) is 0 Å². The number of hydrogen-bond acceptors (Lipinski definition) is 3. The molecule has 0 saturated carbocycles. The quantitative estimate of drug-likeness (QED) is 0.887. The topological polar surface area (TPSA) is 45.2 Å². The molecule has 22 heavy (non-hydrogen) atoms. The largest absolute Gasteiger partial charge is 0.341 e. The van der Waals surface area contributed by atoms with Gasteiger partial charge in [0, 0.05) is 44.5 Å². The van der Waals surface area contributed by atoms with Gasteiger partial charge in [-0.05, 0) is 23.6 Å². The van der Waals surface area contributed by atoms with Gasteiger partial charge in [0.05, 0.1) is 0 Å². The number of carbonyl (C=O) groups is 1. The Morgan fingerprint density at radius 2 is 1.95 bits per heavy atom. The van der Waals surface area contributed by atoms with Gasteiger partial charge in [0.2, 0.25) is 5.91 Å². The lowest BCUT2D eigenvalue weighted by Gasteiger charge is -2.17. The third-order valence-corrected chi connectivity index (χ3v) is 4.05. The molecule has 1 saturated heterocycles. The third-order valence-electron chi connectivity index (χ3n) is 4.05. The highest BCUT2D eigenvalue weighted by Gasteiger charge is 2.28. The van der Waals surface area contributed by atoms with Gasteiger partial charge in [-0.2, -0.15) is 0 Å². The molecule has 0 unspecified atom stereocenters. The van der Waals surface area contributed by atoms with Gasteiger partial charge < -0.3 is 10.2 Å². The Bertz CT molecular complexity index is 600. The van der Waals surface area contributed by atoms with Gasteiger partial charge in [0.15, 0.2) is 0 Å². The lowest BCUT2D eigenvalue weighted by atomic mass is 10.1. The van der Waals surface area contributed by atoms with Crippen molar-refractivity contribution in [3.8, 4) is 0 Å². The highest BCUT2D eigenvalue weighted by molar-refractivity contribution is 5.79. The first kappa shape index (κ1) is 14.7. The summed E-state index contributed by atoms with van der Waals surface area (Å²) in [4.78, 5) is 18.2. The second-order valence-corrected chi connectivity index (χ2v) is 5.72. The fourth-order valence-electron chi connectivity index (χ4n) is 2.80. The fourth-order valence-corrected chi connectivity index (χ4v) is 2.80. The number of likely N-dealkylation sites (tertiary alicyclic amines) is 1. The molecular formula is C18H21N3O. The van der Waals surface area contributed by atoms with E-state index in [0.29, 0.717) is 6.42 Å². The summed E-state index contributed by atoms with van der Waals surface area (Å²) in [6.45, 7) is 2.36. The summed E-state index contributed by atoms with van der Waals surface area (Å²) in [5, 5.41) is 3.45. The molecule has 2 aromatic rings. The van der Waals surface area contributed by atoms with Gasteiger partial charge in [0.1, 0.15) is 0 Å². The Kier molecular flexibility index (Phi) is 4.81. The van der Waals surface area contributed by atoms with E-state index >= 15 is 0 Å². The maximum Gasteiger partial charge on any atom is 0.224 e. The maximum atomic E-state index is 12.1. The van der Waals surface area contributed by atoms with Gasteiger partial charge in [-0.15, -0.1) is 0 Å². The Balaban J connectivity index is 1.46. The second-order valence-electron chi connectivity index (χ2n) is 5.72. The lowest BCUT2D eigenvalue weighted by molar-refractivity contribution is -0.127. The van der Waals surface area contributed by atoms with Crippen LogP contribution in [-0.4, -0.2) is 34.9 Å². The Morgan fingerprint density at radius 1 is 1.14 bits per heavy atom. The molecule has 1 aromatic heterocycles. The molecule has 1 atom stereocenters. The predicted octanol–water partition coefficient (Wildman–Crippen LogP) is 2.01. The molecule has 0 radical (unpaired) electrons. The van der Waals surface area contributed by atoms with E-state index in [1.807, 2.05) is 41.4 Å². The van der Waals surface area contributed by atoms with E-state index in [0.717, 1.165) is 31.6 Å². The zero-order valence-corrected chi connectivity index (χ0v) is 12.6. The molecule has 0 spiro atoms. The Labute approximate surface area is 131 Å². The summed E-state index contributed by atoms with van der Waals surface area (Å²) >= 11 is 0. The number of amides is 1. The van der Waals surface area contributed by atoms with E-state index in [9.17, 15) is 4.79 Å². The van der Waals surface area contributed by atoms with Crippen LogP contribution in [0, 0.1) is 0 Å². The Morgan fingerprint density at radius 3 is 2.73 bits per heavy atom. The molecule has 2 heterocycles. The minimum Gasteiger partial charge on any atom is -0.341 e. The zero-order chi connectivity index (χ0) is 15.2. The molecule has 1 fully saturated rings. The molecule has 1 aliphatic heterocycles.